The molecule has 4 N–H and O–H groups in total. The van der Waals surface area contributed by atoms with Crippen molar-refractivity contribution in [3.05, 3.63) is 89.5 Å². The number of hydrogen-bond acceptors (Lipinski definition) is 6. The molecule has 6 rings (SSSR count). The summed E-state index contributed by atoms with van der Waals surface area (Å²) in [6.45, 7) is 0.136. The van der Waals surface area contributed by atoms with Crippen molar-refractivity contribution in [1.29, 1.82) is 0 Å². The van der Waals surface area contributed by atoms with Crippen LogP contribution in [0.15, 0.2) is 72.8 Å². The molecule has 0 aliphatic carbocycles. The number of benzene rings is 3. The summed E-state index contributed by atoms with van der Waals surface area (Å²) >= 11 is 0. The van der Waals surface area contributed by atoms with E-state index in [-0.39, 0.29) is 42.2 Å². The Hall–Kier alpha value is -4.17. The molecule has 3 amide bonds. The van der Waals surface area contributed by atoms with E-state index >= 15 is 0 Å². The Morgan fingerprint density at radius 2 is 1.57 bits per heavy atom. The van der Waals surface area contributed by atoms with Gasteiger partial charge in [-0.2, -0.15) is 0 Å². The van der Waals surface area contributed by atoms with Gasteiger partial charge in [-0.1, -0.05) is 54.6 Å². The lowest BCUT2D eigenvalue weighted by Crippen LogP contribution is -2.53. The second-order valence-electron chi connectivity index (χ2n) is 9.34. The smallest absolute Gasteiger partial charge is 0.250 e. The summed E-state index contributed by atoms with van der Waals surface area (Å²) in [5, 5.41) is 25.9. The van der Waals surface area contributed by atoms with Crippen LogP contribution in [0.1, 0.15) is 16.7 Å². The zero-order valence-electron chi connectivity index (χ0n) is 18.6. The minimum atomic E-state index is -1.37. The number of likely N-dealkylation sites (tertiary alicyclic amines) is 1. The Morgan fingerprint density at radius 1 is 0.829 bits per heavy atom. The van der Waals surface area contributed by atoms with Crippen LogP contribution in [0.5, 0.6) is 11.5 Å². The van der Waals surface area contributed by atoms with Crippen molar-refractivity contribution in [3.63, 3.8) is 0 Å². The summed E-state index contributed by atoms with van der Waals surface area (Å²) in [6.07, 6.45) is 0.282. The fourth-order valence-corrected chi connectivity index (χ4v) is 5.86. The van der Waals surface area contributed by atoms with Crippen molar-refractivity contribution < 1.29 is 24.6 Å². The molecule has 0 bridgehead atoms. The molecule has 8 nitrogen and oxygen atoms in total. The SMILES string of the molecule is O=C1[C@H]2[C@@H](C(=O)N1Cc1ccccc1)[C@]1(N[C@@H]2Cc2ccc(O)c(O)c2)C(=O)Nc2ccccc21. The Labute approximate surface area is 201 Å². The summed E-state index contributed by atoms with van der Waals surface area (Å²) < 4.78 is 0. The first-order chi connectivity index (χ1) is 16.9. The Balaban J connectivity index is 1.44. The second-order valence-corrected chi connectivity index (χ2v) is 9.34. The third-order valence-corrected chi connectivity index (χ3v) is 7.39. The molecule has 2 fully saturated rings. The van der Waals surface area contributed by atoms with Crippen molar-refractivity contribution in [2.75, 3.05) is 5.32 Å². The van der Waals surface area contributed by atoms with Gasteiger partial charge in [-0.25, -0.2) is 0 Å². The molecular formula is C27H23N3O5. The van der Waals surface area contributed by atoms with Crippen molar-refractivity contribution in [3.8, 4) is 11.5 Å². The predicted molar refractivity (Wildman–Crippen MR) is 126 cm³/mol. The molecule has 0 saturated carbocycles. The standard InChI is InChI=1S/C27H23N3O5/c31-20-11-10-16(13-21(20)32)12-19-22-23(25(34)30(24(22)33)14-15-6-2-1-3-7-15)27(29-19)17-8-4-5-9-18(17)28-26(27)35/h1-11,13,19,22-23,29,31-32H,12,14H2,(H,28,35)/t19-,22-,23+,27+/m1/s1. The molecule has 3 aliphatic rings. The van der Waals surface area contributed by atoms with Crippen LogP contribution < -0.4 is 10.6 Å². The molecule has 2 saturated heterocycles. The van der Waals surface area contributed by atoms with Crippen LogP contribution in [0, 0.1) is 11.8 Å². The van der Waals surface area contributed by atoms with Crippen molar-refractivity contribution in [1.82, 2.24) is 10.2 Å². The number of fused-ring (bicyclic) bond motifs is 4. The molecule has 0 unspecified atom stereocenters. The molecule has 3 heterocycles. The zero-order chi connectivity index (χ0) is 24.3. The highest BCUT2D eigenvalue weighted by Crippen LogP contribution is 2.53. The number of imide groups is 1. The molecule has 0 aromatic heterocycles. The van der Waals surface area contributed by atoms with Crippen LogP contribution >= 0.6 is 0 Å². The highest BCUT2D eigenvalue weighted by Gasteiger charge is 2.70. The van der Waals surface area contributed by atoms with E-state index in [9.17, 15) is 24.6 Å². The molecule has 4 atom stereocenters. The highest BCUT2D eigenvalue weighted by molar-refractivity contribution is 6.15. The van der Waals surface area contributed by atoms with E-state index in [1.165, 1.54) is 17.0 Å². The van der Waals surface area contributed by atoms with Crippen molar-refractivity contribution in [2.24, 2.45) is 11.8 Å². The van der Waals surface area contributed by atoms with Crippen LogP contribution in [0.3, 0.4) is 0 Å². The van der Waals surface area contributed by atoms with Gasteiger partial charge < -0.3 is 15.5 Å². The number of hydrogen-bond donors (Lipinski definition) is 4. The lowest BCUT2D eigenvalue weighted by molar-refractivity contribution is -0.143. The number of carbonyl (C=O) groups is 3. The molecule has 3 aromatic carbocycles. The lowest BCUT2D eigenvalue weighted by Gasteiger charge is -2.29. The maximum atomic E-state index is 13.8. The number of nitrogens with one attached hydrogen (secondary N) is 2. The van der Waals surface area contributed by atoms with Gasteiger partial charge in [0.1, 0.15) is 5.54 Å². The van der Waals surface area contributed by atoms with E-state index in [2.05, 4.69) is 10.6 Å². The summed E-state index contributed by atoms with van der Waals surface area (Å²) in [5.74, 6) is -3.23. The number of carbonyl (C=O) groups excluding carboxylic acids is 3. The van der Waals surface area contributed by atoms with Crippen LogP contribution in [-0.2, 0) is 32.9 Å². The number of anilines is 1. The van der Waals surface area contributed by atoms with Gasteiger partial charge in [0.2, 0.25) is 17.7 Å². The Kier molecular flexibility index (Phi) is 4.69. The maximum Gasteiger partial charge on any atom is 0.250 e. The van der Waals surface area contributed by atoms with Gasteiger partial charge in [0, 0.05) is 17.3 Å². The van der Waals surface area contributed by atoms with Crippen LogP contribution in [0.25, 0.3) is 0 Å². The number of phenolic OH excluding ortho intramolecular Hbond substituents is 2. The lowest BCUT2D eigenvalue weighted by atomic mass is 9.76. The summed E-state index contributed by atoms with van der Waals surface area (Å²) in [7, 11) is 0. The molecule has 3 aliphatic heterocycles. The van der Waals surface area contributed by atoms with Gasteiger partial charge in [0.25, 0.3) is 0 Å². The summed E-state index contributed by atoms with van der Waals surface area (Å²) in [4.78, 5) is 42.3. The molecule has 35 heavy (non-hydrogen) atoms. The Bertz CT molecular complexity index is 1370. The molecule has 0 radical (unpaired) electrons. The number of aromatic hydroxyl groups is 2. The second kappa shape index (κ2) is 7.68. The zero-order valence-corrected chi connectivity index (χ0v) is 18.6. The quantitative estimate of drug-likeness (QED) is 0.344. The fourth-order valence-electron chi connectivity index (χ4n) is 5.86. The molecule has 8 heteroatoms. The first-order valence-corrected chi connectivity index (χ1v) is 11.5. The summed E-state index contributed by atoms with van der Waals surface area (Å²) in [6, 6.07) is 20.4. The monoisotopic (exact) mass is 469 g/mol. The number of amides is 3. The molecular weight excluding hydrogens is 446 g/mol. The minimum Gasteiger partial charge on any atom is -0.504 e. The molecule has 3 aromatic rings. The van der Waals surface area contributed by atoms with E-state index < -0.39 is 23.4 Å². The van der Waals surface area contributed by atoms with Gasteiger partial charge in [0.15, 0.2) is 11.5 Å². The first-order valence-electron chi connectivity index (χ1n) is 11.5. The van der Waals surface area contributed by atoms with Gasteiger partial charge in [-0.05, 0) is 35.7 Å². The third-order valence-electron chi connectivity index (χ3n) is 7.39. The van der Waals surface area contributed by atoms with E-state index in [0.717, 1.165) is 5.56 Å². The van der Waals surface area contributed by atoms with E-state index in [0.29, 0.717) is 16.8 Å². The largest absolute Gasteiger partial charge is 0.504 e. The van der Waals surface area contributed by atoms with Crippen molar-refractivity contribution in [2.45, 2.75) is 24.5 Å². The number of phenols is 2. The topological polar surface area (TPSA) is 119 Å². The minimum absolute atomic E-state index is 0.136. The number of rotatable bonds is 4. The first kappa shape index (κ1) is 21.4. The average Bonchev–Trinajstić information content (AvgIpc) is 3.43. The van der Waals surface area contributed by atoms with Gasteiger partial charge in [-0.15, -0.1) is 0 Å². The normalized spacial score (nSPS) is 26.8. The van der Waals surface area contributed by atoms with Gasteiger partial charge in [-0.3, -0.25) is 24.6 Å². The number of para-hydroxylation sites is 1. The van der Waals surface area contributed by atoms with Gasteiger partial charge >= 0.3 is 0 Å². The molecule has 176 valence electrons. The Morgan fingerprint density at radius 3 is 2.34 bits per heavy atom. The van der Waals surface area contributed by atoms with Crippen LogP contribution in [-0.4, -0.2) is 38.9 Å². The summed E-state index contributed by atoms with van der Waals surface area (Å²) in [5.41, 5.74) is 1.39. The van der Waals surface area contributed by atoms with Crippen molar-refractivity contribution >= 4 is 23.4 Å². The van der Waals surface area contributed by atoms with Crippen LogP contribution in [0.4, 0.5) is 5.69 Å². The van der Waals surface area contributed by atoms with E-state index in [4.69, 9.17) is 0 Å². The third kappa shape index (κ3) is 3.06. The average molecular weight is 469 g/mol. The van der Waals surface area contributed by atoms with Crippen LogP contribution in [0.2, 0.25) is 0 Å². The maximum absolute atomic E-state index is 13.8. The predicted octanol–water partition coefficient (Wildman–Crippen LogP) is 2.26. The molecule has 1 spiro atoms. The highest BCUT2D eigenvalue weighted by atomic mass is 16.3. The van der Waals surface area contributed by atoms with Gasteiger partial charge in [0.05, 0.1) is 18.4 Å². The number of nitrogens with zero attached hydrogens (tertiary/aromatic N) is 1. The van der Waals surface area contributed by atoms with E-state index in [1.807, 2.05) is 48.5 Å². The van der Waals surface area contributed by atoms with E-state index in [1.54, 1.807) is 12.1 Å². The fraction of sp³-hybridized carbons (Fsp3) is 0.222.